The highest BCUT2D eigenvalue weighted by Crippen LogP contribution is 2.36. The number of aromatic nitrogens is 3. The van der Waals surface area contributed by atoms with Crippen molar-refractivity contribution in [1.82, 2.24) is 20.3 Å². The molecule has 0 amide bonds. The Kier molecular flexibility index (Phi) is 4.65. The van der Waals surface area contributed by atoms with Gasteiger partial charge in [-0.2, -0.15) is 13.2 Å². The molecule has 9 heteroatoms. The number of amidine groups is 1. The third-order valence-electron chi connectivity index (χ3n) is 4.47. The number of alkyl halides is 3. The molecule has 3 heterocycles. The molecular formula is C20H17F3N6. The summed E-state index contributed by atoms with van der Waals surface area (Å²) in [5.74, 6) is 1.74. The van der Waals surface area contributed by atoms with Gasteiger partial charge in [0.25, 0.3) is 0 Å². The second-order valence-electron chi connectivity index (χ2n) is 6.62. The smallest absolute Gasteiger partial charge is 0.331 e. The molecule has 1 aliphatic rings. The van der Waals surface area contributed by atoms with Gasteiger partial charge in [0.1, 0.15) is 11.6 Å². The number of nitrogens with zero attached hydrogens (tertiary/aromatic N) is 4. The van der Waals surface area contributed by atoms with E-state index in [0.29, 0.717) is 29.2 Å². The molecule has 0 spiro atoms. The zero-order valence-electron chi connectivity index (χ0n) is 15.7. The van der Waals surface area contributed by atoms with Gasteiger partial charge >= 0.3 is 6.18 Å². The molecule has 0 saturated carbocycles. The van der Waals surface area contributed by atoms with Gasteiger partial charge in [0.05, 0.1) is 23.3 Å². The Balaban J connectivity index is 1.87. The van der Waals surface area contributed by atoms with Crippen LogP contribution in [-0.2, 0) is 6.18 Å². The van der Waals surface area contributed by atoms with Crippen molar-refractivity contribution in [3.05, 3.63) is 59.6 Å². The van der Waals surface area contributed by atoms with E-state index in [4.69, 9.17) is 0 Å². The number of aliphatic imine (C=N–C) groups is 1. The first-order chi connectivity index (χ1) is 13.8. The number of halogens is 3. The average Bonchev–Trinajstić information content (AvgIpc) is 2.70. The summed E-state index contributed by atoms with van der Waals surface area (Å²) < 4.78 is 40.5. The maximum atomic E-state index is 13.5. The van der Waals surface area contributed by atoms with Crippen LogP contribution in [0.25, 0.3) is 22.4 Å². The molecule has 0 saturated heterocycles. The lowest BCUT2D eigenvalue weighted by Gasteiger charge is -2.20. The number of benzene rings is 1. The molecular weight excluding hydrogens is 381 g/mol. The highest BCUT2D eigenvalue weighted by atomic mass is 19.4. The largest absolute Gasteiger partial charge is 0.417 e. The van der Waals surface area contributed by atoms with Gasteiger partial charge in [-0.05, 0) is 37.6 Å². The average molecular weight is 398 g/mol. The number of hydrogen-bond acceptors (Lipinski definition) is 6. The Morgan fingerprint density at radius 2 is 1.83 bits per heavy atom. The summed E-state index contributed by atoms with van der Waals surface area (Å²) in [6.45, 7) is 4.26. The molecule has 1 aliphatic heterocycles. The topological polar surface area (TPSA) is 75.1 Å². The standard InChI is InChI=1S/C20H17F3N6/c1-11-10-25-12(2)26-16(11)27-19-14-7-5-9-24-17(14)28-18(29-19)13-6-3-4-8-15(13)20(21,22)23/h3-9H,10H2,1-2H3,(H,25,26)(H,24,27,28,29). The van der Waals surface area contributed by atoms with Crippen molar-refractivity contribution >= 4 is 22.7 Å². The molecule has 2 N–H and O–H groups in total. The minimum absolute atomic E-state index is 0.0499. The summed E-state index contributed by atoms with van der Waals surface area (Å²) in [5, 5.41) is 6.92. The SMILES string of the molecule is CC1=NCC(C)=C(Nc2nc(-c3ccccc3C(F)(F)F)nc3ncccc23)N1. The lowest BCUT2D eigenvalue weighted by atomic mass is 10.1. The Morgan fingerprint density at radius 1 is 1.03 bits per heavy atom. The number of fused-ring (bicyclic) bond motifs is 1. The number of anilines is 1. The first kappa shape index (κ1) is 18.9. The fraction of sp³-hybridized carbons (Fsp3) is 0.200. The van der Waals surface area contributed by atoms with Gasteiger partial charge in [0.15, 0.2) is 11.5 Å². The van der Waals surface area contributed by atoms with Gasteiger partial charge in [0, 0.05) is 11.8 Å². The molecule has 0 aliphatic carbocycles. The lowest BCUT2D eigenvalue weighted by Crippen LogP contribution is -2.30. The van der Waals surface area contributed by atoms with E-state index in [0.717, 1.165) is 17.5 Å². The van der Waals surface area contributed by atoms with Crippen LogP contribution in [0.3, 0.4) is 0 Å². The molecule has 0 atom stereocenters. The van der Waals surface area contributed by atoms with Gasteiger partial charge in [-0.25, -0.2) is 15.0 Å². The Labute approximate surface area is 164 Å². The maximum Gasteiger partial charge on any atom is 0.417 e. The molecule has 29 heavy (non-hydrogen) atoms. The molecule has 148 valence electrons. The number of hydrogen-bond donors (Lipinski definition) is 2. The number of nitrogens with one attached hydrogen (secondary N) is 2. The van der Waals surface area contributed by atoms with E-state index < -0.39 is 11.7 Å². The highest BCUT2D eigenvalue weighted by Gasteiger charge is 2.34. The quantitative estimate of drug-likeness (QED) is 0.685. The van der Waals surface area contributed by atoms with E-state index in [1.165, 1.54) is 18.2 Å². The zero-order chi connectivity index (χ0) is 20.6. The minimum atomic E-state index is -4.52. The van der Waals surface area contributed by atoms with E-state index in [1.54, 1.807) is 18.3 Å². The Hall–Kier alpha value is -3.49. The second kappa shape index (κ2) is 7.16. The van der Waals surface area contributed by atoms with Gasteiger partial charge in [-0.3, -0.25) is 4.99 Å². The van der Waals surface area contributed by atoms with Gasteiger partial charge in [-0.1, -0.05) is 18.2 Å². The molecule has 0 bridgehead atoms. The van der Waals surface area contributed by atoms with Crippen LogP contribution in [0.1, 0.15) is 19.4 Å². The fourth-order valence-electron chi connectivity index (χ4n) is 3.00. The van der Waals surface area contributed by atoms with Gasteiger partial charge in [0.2, 0.25) is 0 Å². The predicted molar refractivity (Wildman–Crippen MR) is 105 cm³/mol. The van der Waals surface area contributed by atoms with Crippen molar-refractivity contribution in [3.63, 3.8) is 0 Å². The molecule has 0 unspecified atom stereocenters. The summed E-state index contributed by atoms with van der Waals surface area (Å²) in [6.07, 6.45) is -2.98. The zero-order valence-corrected chi connectivity index (χ0v) is 15.7. The molecule has 0 radical (unpaired) electrons. The van der Waals surface area contributed by atoms with E-state index in [2.05, 4.69) is 30.6 Å². The van der Waals surface area contributed by atoms with Crippen LogP contribution in [0.2, 0.25) is 0 Å². The van der Waals surface area contributed by atoms with Crippen LogP contribution in [-0.4, -0.2) is 27.3 Å². The summed E-state index contributed by atoms with van der Waals surface area (Å²) in [6, 6.07) is 8.73. The fourth-order valence-corrected chi connectivity index (χ4v) is 3.00. The predicted octanol–water partition coefficient (Wildman–Crippen LogP) is 4.38. The van der Waals surface area contributed by atoms with Crippen molar-refractivity contribution in [2.24, 2.45) is 4.99 Å². The lowest BCUT2D eigenvalue weighted by molar-refractivity contribution is -0.137. The van der Waals surface area contributed by atoms with E-state index in [-0.39, 0.29) is 11.4 Å². The van der Waals surface area contributed by atoms with Crippen molar-refractivity contribution in [1.29, 1.82) is 0 Å². The van der Waals surface area contributed by atoms with Crippen molar-refractivity contribution in [3.8, 4) is 11.4 Å². The second-order valence-corrected chi connectivity index (χ2v) is 6.62. The Bertz CT molecular complexity index is 1150. The summed E-state index contributed by atoms with van der Waals surface area (Å²) in [7, 11) is 0. The van der Waals surface area contributed by atoms with Crippen LogP contribution < -0.4 is 10.6 Å². The maximum absolute atomic E-state index is 13.5. The molecule has 4 rings (SSSR count). The normalized spacial score (nSPS) is 14.6. The number of rotatable bonds is 3. The highest BCUT2D eigenvalue weighted by molar-refractivity contribution is 5.90. The van der Waals surface area contributed by atoms with Crippen molar-refractivity contribution in [2.45, 2.75) is 20.0 Å². The molecule has 3 aromatic rings. The van der Waals surface area contributed by atoms with Crippen LogP contribution >= 0.6 is 0 Å². The molecule has 6 nitrogen and oxygen atoms in total. The van der Waals surface area contributed by atoms with Gasteiger partial charge < -0.3 is 10.6 Å². The van der Waals surface area contributed by atoms with Crippen molar-refractivity contribution < 1.29 is 13.2 Å². The summed E-state index contributed by atoms with van der Waals surface area (Å²) >= 11 is 0. The third-order valence-corrected chi connectivity index (χ3v) is 4.47. The number of pyridine rings is 1. The summed E-state index contributed by atoms with van der Waals surface area (Å²) in [4.78, 5) is 17.2. The molecule has 2 aromatic heterocycles. The van der Waals surface area contributed by atoms with Crippen LogP contribution in [0.15, 0.2) is 59.0 Å². The molecule has 0 fully saturated rings. The van der Waals surface area contributed by atoms with E-state index in [1.807, 2.05) is 13.8 Å². The van der Waals surface area contributed by atoms with Crippen LogP contribution in [0.5, 0.6) is 0 Å². The van der Waals surface area contributed by atoms with E-state index in [9.17, 15) is 13.2 Å². The monoisotopic (exact) mass is 398 g/mol. The summed E-state index contributed by atoms with van der Waals surface area (Å²) in [5.41, 5.74) is 0.353. The first-order valence-corrected chi connectivity index (χ1v) is 8.87. The van der Waals surface area contributed by atoms with Crippen LogP contribution in [0, 0.1) is 0 Å². The third kappa shape index (κ3) is 3.75. The van der Waals surface area contributed by atoms with Gasteiger partial charge in [-0.15, -0.1) is 0 Å². The molecule has 1 aromatic carbocycles. The van der Waals surface area contributed by atoms with Crippen molar-refractivity contribution in [2.75, 3.05) is 11.9 Å². The van der Waals surface area contributed by atoms with Crippen LogP contribution in [0.4, 0.5) is 19.0 Å². The minimum Gasteiger partial charge on any atom is -0.331 e. The van der Waals surface area contributed by atoms with E-state index >= 15 is 0 Å². The first-order valence-electron chi connectivity index (χ1n) is 8.87. The Morgan fingerprint density at radius 3 is 2.62 bits per heavy atom.